The zero-order valence-corrected chi connectivity index (χ0v) is 12.6. The minimum atomic E-state index is 0.437. The van der Waals surface area contributed by atoms with E-state index in [2.05, 4.69) is 29.1 Å². The molecule has 1 saturated heterocycles. The van der Waals surface area contributed by atoms with Crippen molar-refractivity contribution < 1.29 is 4.74 Å². The molecule has 0 saturated carbocycles. The van der Waals surface area contributed by atoms with Gasteiger partial charge in [0.25, 0.3) is 0 Å². The molecular formula is C17H23N3O. The minimum absolute atomic E-state index is 0.437. The van der Waals surface area contributed by atoms with Gasteiger partial charge in [-0.3, -0.25) is 0 Å². The average Bonchev–Trinajstić information content (AvgIpc) is 2.92. The van der Waals surface area contributed by atoms with E-state index in [1.54, 1.807) is 0 Å². The Bertz CT molecular complexity index is 614. The van der Waals surface area contributed by atoms with Crippen LogP contribution in [0.1, 0.15) is 25.0 Å². The lowest BCUT2D eigenvalue weighted by Crippen LogP contribution is -2.26. The van der Waals surface area contributed by atoms with Crippen molar-refractivity contribution in [3.8, 4) is 5.88 Å². The maximum atomic E-state index is 5.98. The molecule has 2 aromatic rings. The highest BCUT2D eigenvalue weighted by atomic mass is 16.5. The van der Waals surface area contributed by atoms with Gasteiger partial charge in [0.2, 0.25) is 5.88 Å². The van der Waals surface area contributed by atoms with Crippen LogP contribution in [0.5, 0.6) is 5.88 Å². The second-order valence-electron chi connectivity index (χ2n) is 5.76. The Morgan fingerprint density at radius 1 is 1.38 bits per heavy atom. The zero-order valence-electron chi connectivity index (χ0n) is 12.6. The third-order valence-electron chi connectivity index (χ3n) is 4.33. The highest BCUT2D eigenvalue weighted by Crippen LogP contribution is 2.25. The van der Waals surface area contributed by atoms with Crippen LogP contribution in [0.25, 0.3) is 10.8 Å². The number of ether oxygens (including phenoxy) is 1. The lowest BCUT2D eigenvalue weighted by molar-refractivity contribution is 0.230. The van der Waals surface area contributed by atoms with E-state index in [1.807, 2.05) is 18.2 Å². The Balaban J connectivity index is 1.73. The van der Waals surface area contributed by atoms with Crippen molar-refractivity contribution in [1.82, 2.24) is 9.88 Å². The van der Waals surface area contributed by atoms with E-state index in [9.17, 15) is 0 Å². The van der Waals surface area contributed by atoms with Crippen LogP contribution in [0.3, 0.4) is 0 Å². The molecule has 1 unspecified atom stereocenters. The lowest BCUT2D eigenvalue weighted by atomic mass is 10.1. The molecule has 1 aliphatic heterocycles. The Labute approximate surface area is 125 Å². The number of fused-ring (bicyclic) bond motifs is 1. The molecule has 2 N–H and O–H groups in total. The van der Waals surface area contributed by atoms with Crippen molar-refractivity contribution in [3.05, 3.63) is 36.0 Å². The third-order valence-corrected chi connectivity index (χ3v) is 4.33. The highest BCUT2D eigenvalue weighted by molar-refractivity contribution is 5.87. The first kappa shape index (κ1) is 14.3. The Kier molecular flexibility index (Phi) is 4.36. The van der Waals surface area contributed by atoms with Crippen molar-refractivity contribution in [1.29, 1.82) is 0 Å². The molecule has 2 heterocycles. The minimum Gasteiger partial charge on any atom is -0.477 e. The van der Waals surface area contributed by atoms with Crippen molar-refractivity contribution in [2.24, 2.45) is 5.73 Å². The predicted octanol–water partition coefficient (Wildman–Crippen LogP) is 2.56. The number of pyridine rings is 1. The summed E-state index contributed by atoms with van der Waals surface area (Å²) >= 11 is 0. The highest BCUT2D eigenvalue weighted by Gasteiger charge is 2.20. The van der Waals surface area contributed by atoms with Crippen LogP contribution in [0, 0.1) is 0 Å². The number of aromatic nitrogens is 1. The van der Waals surface area contributed by atoms with Gasteiger partial charge in [-0.2, -0.15) is 0 Å². The Morgan fingerprint density at radius 2 is 2.24 bits per heavy atom. The Hall–Kier alpha value is -1.65. The maximum absolute atomic E-state index is 5.98. The molecule has 112 valence electrons. The average molecular weight is 285 g/mol. The summed E-state index contributed by atoms with van der Waals surface area (Å²) in [6.45, 7) is 2.35. The summed E-state index contributed by atoms with van der Waals surface area (Å²) in [6, 6.07) is 10.9. The molecule has 21 heavy (non-hydrogen) atoms. The summed E-state index contributed by atoms with van der Waals surface area (Å²) in [4.78, 5) is 6.96. The number of benzene rings is 1. The van der Waals surface area contributed by atoms with Crippen LogP contribution in [0.4, 0.5) is 0 Å². The maximum Gasteiger partial charge on any atom is 0.221 e. The fourth-order valence-corrected chi connectivity index (χ4v) is 3.07. The summed E-state index contributed by atoms with van der Waals surface area (Å²) in [5.74, 6) is 0.717. The van der Waals surface area contributed by atoms with Crippen LogP contribution in [-0.2, 0) is 6.54 Å². The molecule has 1 aromatic carbocycles. The molecule has 1 aliphatic rings. The first-order valence-electron chi connectivity index (χ1n) is 7.69. The van der Waals surface area contributed by atoms with E-state index in [-0.39, 0.29) is 0 Å². The Morgan fingerprint density at radius 3 is 3.00 bits per heavy atom. The van der Waals surface area contributed by atoms with Crippen LogP contribution in [0.2, 0.25) is 0 Å². The molecule has 1 aromatic heterocycles. The third kappa shape index (κ3) is 3.17. The van der Waals surface area contributed by atoms with E-state index in [0.29, 0.717) is 25.1 Å². The molecule has 0 aliphatic carbocycles. The number of nitrogens with two attached hydrogens (primary N) is 1. The fourth-order valence-electron chi connectivity index (χ4n) is 3.07. The van der Waals surface area contributed by atoms with Gasteiger partial charge >= 0.3 is 0 Å². The number of rotatable bonds is 5. The standard InChI is InChI=1S/C17H23N3O/c1-20-9-4-6-15(20)8-10-21-17-16-7-3-2-5-13(16)11-14(12-18)19-17/h2-3,5,7,11,15H,4,6,8-10,12,18H2,1H3. The largest absolute Gasteiger partial charge is 0.477 e. The second kappa shape index (κ2) is 6.41. The van der Waals surface area contributed by atoms with Gasteiger partial charge in [-0.1, -0.05) is 18.2 Å². The molecule has 4 nitrogen and oxygen atoms in total. The number of nitrogens with zero attached hydrogens (tertiary/aromatic N) is 2. The summed E-state index contributed by atoms with van der Waals surface area (Å²) in [5.41, 5.74) is 6.61. The topological polar surface area (TPSA) is 51.4 Å². The molecule has 1 fully saturated rings. The van der Waals surface area contributed by atoms with Crippen LogP contribution in [-0.4, -0.2) is 36.1 Å². The quantitative estimate of drug-likeness (QED) is 0.917. The van der Waals surface area contributed by atoms with Crippen molar-refractivity contribution in [2.75, 3.05) is 20.2 Å². The molecule has 0 amide bonds. The van der Waals surface area contributed by atoms with Gasteiger partial charge in [-0.25, -0.2) is 4.98 Å². The van der Waals surface area contributed by atoms with Gasteiger partial charge in [0, 0.05) is 18.0 Å². The summed E-state index contributed by atoms with van der Waals surface area (Å²) in [6.07, 6.45) is 3.63. The summed E-state index contributed by atoms with van der Waals surface area (Å²) < 4.78 is 5.98. The monoisotopic (exact) mass is 285 g/mol. The fraction of sp³-hybridized carbons (Fsp3) is 0.471. The lowest BCUT2D eigenvalue weighted by Gasteiger charge is -2.19. The van der Waals surface area contributed by atoms with Gasteiger partial charge in [0.15, 0.2) is 0 Å². The van der Waals surface area contributed by atoms with Gasteiger partial charge in [0.05, 0.1) is 12.3 Å². The van der Waals surface area contributed by atoms with Crippen LogP contribution < -0.4 is 10.5 Å². The van der Waals surface area contributed by atoms with Gasteiger partial charge < -0.3 is 15.4 Å². The van der Waals surface area contributed by atoms with Crippen molar-refractivity contribution in [2.45, 2.75) is 31.8 Å². The van der Waals surface area contributed by atoms with E-state index in [4.69, 9.17) is 10.5 Å². The van der Waals surface area contributed by atoms with Gasteiger partial charge in [0.1, 0.15) is 0 Å². The molecule has 0 bridgehead atoms. The van der Waals surface area contributed by atoms with Crippen molar-refractivity contribution >= 4 is 10.8 Å². The van der Waals surface area contributed by atoms with Gasteiger partial charge in [-0.05, 0) is 50.4 Å². The van der Waals surface area contributed by atoms with Crippen molar-refractivity contribution in [3.63, 3.8) is 0 Å². The van der Waals surface area contributed by atoms with Crippen LogP contribution in [0.15, 0.2) is 30.3 Å². The van der Waals surface area contributed by atoms with Crippen LogP contribution >= 0.6 is 0 Å². The molecule has 0 radical (unpaired) electrons. The van der Waals surface area contributed by atoms with E-state index in [1.165, 1.54) is 19.4 Å². The van der Waals surface area contributed by atoms with E-state index in [0.717, 1.165) is 22.9 Å². The number of hydrogen-bond acceptors (Lipinski definition) is 4. The molecule has 3 rings (SSSR count). The summed E-state index contributed by atoms with van der Waals surface area (Å²) in [7, 11) is 2.19. The van der Waals surface area contributed by atoms with E-state index < -0.39 is 0 Å². The number of hydrogen-bond donors (Lipinski definition) is 1. The normalized spacial score (nSPS) is 19.2. The molecule has 0 spiro atoms. The number of likely N-dealkylation sites (tertiary alicyclic amines) is 1. The molecular weight excluding hydrogens is 262 g/mol. The first-order chi connectivity index (χ1) is 10.3. The van der Waals surface area contributed by atoms with E-state index >= 15 is 0 Å². The predicted molar refractivity (Wildman–Crippen MR) is 85.4 cm³/mol. The molecule has 1 atom stereocenters. The molecule has 4 heteroatoms. The SMILES string of the molecule is CN1CCCC1CCOc1nc(CN)cc2ccccc12. The smallest absolute Gasteiger partial charge is 0.221 e. The second-order valence-corrected chi connectivity index (χ2v) is 5.76. The zero-order chi connectivity index (χ0) is 14.7. The first-order valence-corrected chi connectivity index (χ1v) is 7.69. The van der Waals surface area contributed by atoms with Gasteiger partial charge in [-0.15, -0.1) is 0 Å². The summed E-state index contributed by atoms with van der Waals surface area (Å²) in [5, 5.41) is 2.20.